The van der Waals surface area contributed by atoms with Crippen molar-refractivity contribution in [3.63, 3.8) is 0 Å². The largest absolute Gasteiger partial charge is 0.462 e. The van der Waals surface area contributed by atoms with E-state index < -0.39 is 11.8 Å². The molecule has 3 nitrogen and oxygen atoms in total. The van der Waals surface area contributed by atoms with E-state index in [1.54, 1.807) is 6.92 Å². The number of fused-ring (bicyclic) bond motifs is 1. The predicted molar refractivity (Wildman–Crippen MR) is 59.8 cm³/mol. The molecule has 0 aliphatic heterocycles. The van der Waals surface area contributed by atoms with Gasteiger partial charge in [0.25, 0.3) is 0 Å². The molecule has 1 aromatic carbocycles. The molecule has 0 radical (unpaired) electrons. The van der Waals surface area contributed by atoms with Gasteiger partial charge in [0, 0.05) is 0 Å². The molecule has 2 aromatic rings. The number of hydrogen-bond donors (Lipinski definition) is 0. The maximum Gasteiger partial charge on any atom is 0.342 e. The number of halogens is 2. The second-order valence-electron chi connectivity index (χ2n) is 3.10. The summed E-state index contributed by atoms with van der Waals surface area (Å²) in [6.07, 6.45) is 1.20. The van der Waals surface area contributed by atoms with Gasteiger partial charge in [-0.2, -0.15) is 0 Å². The summed E-state index contributed by atoms with van der Waals surface area (Å²) in [5.41, 5.74) is 0.415. The zero-order chi connectivity index (χ0) is 11.7. The van der Waals surface area contributed by atoms with Crippen LogP contribution in [0.15, 0.2) is 27.3 Å². The lowest BCUT2D eigenvalue weighted by atomic mass is 10.1. The SMILES string of the molecule is CCOC(=O)c1coc2c(Br)ccc(F)c12. The van der Waals surface area contributed by atoms with Crippen LogP contribution in [0, 0.1) is 5.82 Å². The summed E-state index contributed by atoms with van der Waals surface area (Å²) in [5, 5.41) is 0.146. The highest BCUT2D eigenvalue weighted by Gasteiger charge is 2.19. The van der Waals surface area contributed by atoms with E-state index in [0.717, 1.165) is 0 Å². The number of hydrogen-bond acceptors (Lipinski definition) is 3. The van der Waals surface area contributed by atoms with Gasteiger partial charge in [-0.1, -0.05) is 0 Å². The number of carbonyl (C=O) groups is 1. The van der Waals surface area contributed by atoms with Crippen molar-refractivity contribution in [1.82, 2.24) is 0 Å². The second kappa shape index (κ2) is 4.25. The van der Waals surface area contributed by atoms with Crippen LogP contribution in [0.25, 0.3) is 11.0 Å². The third-order valence-electron chi connectivity index (χ3n) is 2.12. The number of esters is 1. The van der Waals surface area contributed by atoms with Gasteiger partial charge in [-0.05, 0) is 35.0 Å². The Morgan fingerprint density at radius 2 is 2.31 bits per heavy atom. The van der Waals surface area contributed by atoms with Gasteiger partial charge in [-0.15, -0.1) is 0 Å². The third-order valence-corrected chi connectivity index (χ3v) is 2.74. The molecule has 0 amide bonds. The summed E-state index contributed by atoms with van der Waals surface area (Å²) < 4.78 is 24.1. The first-order chi connectivity index (χ1) is 7.65. The van der Waals surface area contributed by atoms with Gasteiger partial charge in [0.15, 0.2) is 5.58 Å². The number of benzene rings is 1. The fraction of sp³-hybridized carbons (Fsp3) is 0.182. The standard InChI is InChI=1S/C11H8BrFO3/c1-2-15-11(14)6-5-16-10-7(12)3-4-8(13)9(6)10/h3-5H,2H2,1H3. The van der Waals surface area contributed by atoms with E-state index in [9.17, 15) is 9.18 Å². The smallest absolute Gasteiger partial charge is 0.342 e. The molecular weight excluding hydrogens is 279 g/mol. The Bertz CT molecular complexity index is 547. The quantitative estimate of drug-likeness (QED) is 0.793. The normalized spacial score (nSPS) is 10.7. The van der Waals surface area contributed by atoms with Crippen LogP contribution < -0.4 is 0 Å². The highest BCUT2D eigenvalue weighted by Crippen LogP contribution is 2.30. The molecule has 0 unspecified atom stereocenters. The van der Waals surface area contributed by atoms with Crippen molar-refractivity contribution in [3.8, 4) is 0 Å². The van der Waals surface area contributed by atoms with Gasteiger partial charge in [-0.3, -0.25) is 0 Å². The summed E-state index contributed by atoms with van der Waals surface area (Å²) >= 11 is 3.22. The van der Waals surface area contributed by atoms with E-state index in [1.807, 2.05) is 0 Å². The molecule has 1 heterocycles. The van der Waals surface area contributed by atoms with E-state index in [2.05, 4.69) is 15.9 Å². The van der Waals surface area contributed by atoms with Crippen molar-refractivity contribution in [2.24, 2.45) is 0 Å². The molecule has 84 valence electrons. The molecule has 16 heavy (non-hydrogen) atoms. The topological polar surface area (TPSA) is 39.4 Å². The molecule has 2 rings (SSSR count). The predicted octanol–water partition coefficient (Wildman–Crippen LogP) is 3.51. The average molecular weight is 287 g/mol. The van der Waals surface area contributed by atoms with Crippen LogP contribution in [0.1, 0.15) is 17.3 Å². The highest BCUT2D eigenvalue weighted by molar-refractivity contribution is 9.10. The Labute approximate surface area is 99.3 Å². The number of rotatable bonds is 2. The number of ether oxygens (including phenoxy) is 1. The fourth-order valence-electron chi connectivity index (χ4n) is 1.44. The van der Waals surface area contributed by atoms with Crippen molar-refractivity contribution < 1.29 is 18.3 Å². The first kappa shape index (κ1) is 11.1. The van der Waals surface area contributed by atoms with E-state index in [0.29, 0.717) is 10.1 Å². The molecule has 0 fully saturated rings. The van der Waals surface area contributed by atoms with Crippen LogP contribution >= 0.6 is 15.9 Å². The molecule has 5 heteroatoms. The minimum atomic E-state index is -0.585. The fourth-order valence-corrected chi connectivity index (χ4v) is 1.86. The summed E-state index contributed by atoms with van der Waals surface area (Å²) in [6, 6.07) is 2.79. The van der Waals surface area contributed by atoms with Crippen LogP contribution in [0.3, 0.4) is 0 Å². The van der Waals surface area contributed by atoms with E-state index in [-0.39, 0.29) is 17.6 Å². The molecular formula is C11H8BrFO3. The summed E-state index contributed by atoms with van der Waals surface area (Å²) in [5.74, 6) is -1.09. The molecule has 0 aliphatic carbocycles. The maximum absolute atomic E-state index is 13.6. The Morgan fingerprint density at radius 1 is 1.56 bits per heavy atom. The monoisotopic (exact) mass is 286 g/mol. The molecule has 0 spiro atoms. The lowest BCUT2D eigenvalue weighted by molar-refractivity contribution is 0.0527. The molecule has 0 atom stereocenters. The third kappa shape index (κ3) is 1.71. The van der Waals surface area contributed by atoms with Crippen molar-refractivity contribution in [3.05, 3.63) is 34.2 Å². The van der Waals surface area contributed by atoms with Crippen LogP contribution in [-0.2, 0) is 4.74 Å². The van der Waals surface area contributed by atoms with Crippen LogP contribution in [0.4, 0.5) is 4.39 Å². The number of furan rings is 1. The van der Waals surface area contributed by atoms with Crippen molar-refractivity contribution in [1.29, 1.82) is 0 Å². The van der Waals surface area contributed by atoms with E-state index in [4.69, 9.17) is 9.15 Å². The minimum Gasteiger partial charge on any atom is -0.462 e. The number of carbonyl (C=O) groups excluding carboxylic acids is 1. The second-order valence-corrected chi connectivity index (χ2v) is 3.96. The minimum absolute atomic E-state index is 0.107. The van der Waals surface area contributed by atoms with Gasteiger partial charge in [0.2, 0.25) is 0 Å². The molecule has 0 saturated heterocycles. The Hall–Kier alpha value is -1.36. The molecule has 0 N–H and O–H groups in total. The van der Waals surface area contributed by atoms with Gasteiger partial charge in [0.1, 0.15) is 17.6 Å². The van der Waals surface area contributed by atoms with Crippen LogP contribution in [-0.4, -0.2) is 12.6 Å². The summed E-state index contributed by atoms with van der Waals surface area (Å²) in [6.45, 7) is 1.92. The Balaban J connectivity index is 2.64. The molecule has 1 aromatic heterocycles. The Morgan fingerprint density at radius 3 is 3.00 bits per heavy atom. The lowest BCUT2D eigenvalue weighted by Crippen LogP contribution is -2.04. The summed E-state index contributed by atoms with van der Waals surface area (Å²) in [7, 11) is 0. The first-order valence-electron chi connectivity index (χ1n) is 4.67. The maximum atomic E-state index is 13.6. The zero-order valence-electron chi connectivity index (χ0n) is 8.42. The van der Waals surface area contributed by atoms with Gasteiger partial charge >= 0.3 is 5.97 Å². The van der Waals surface area contributed by atoms with E-state index in [1.165, 1.54) is 18.4 Å². The molecule has 0 aliphatic rings. The van der Waals surface area contributed by atoms with Crippen molar-refractivity contribution in [2.75, 3.05) is 6.61 Å². The van der Waals surface area contributed by atoms with E-state index >= 15 is 0 Å². The van der Waals surface area contributed by atoms with Gasteiger partial charge < -0.3 is 9.15 Å². The van der Waals surface area contributed by atoms with Crippen LogP contribution in [0.5, 0.6) is 0 Å². The van der Waals surface area contributed by atoms with Gasteiger partial charge in [-0.25, -0.2) is 9.18 Å². The average Bonchev–Trinajstić information content (AvgIpc) is 2.69. The van der Waals surface area contributed by atoms with Crippen molar-refractivity contribution in [2.45, 2.75) is 6.92 Å². The Kier molecular flexibility index (Phi) is 2.96. The van der Waals surface area contributed by atoms with Gasteiger partial charge in [0.05, 0.1) is 16.5 Å². The van der Waals surface area contributed by atoms with Crippen molar-refractivity contribution >= 4 is 32.9 Å². The molecule has 0 saturated carbocycles. The lowest BCUT2D eigenvalue weighted by Gasteiger charge is -1.99. The zero-order valence-corrected chi connectivity index (χ0v) is 10.0. The first-order valence-corrected chi connectivity index (χ1v) is 5.46. The van der Waals surface area contributed by atoms with Crippen LogP contribution in [0.2, 0.25) is 0 Å². The summed E-state index contributed by atoms with van der Waals surface area (Å²) in [4.78, 5) is 11.5. The highest BCUT2D eigenvalue weighted by atomic mass is 79.9. The molecule has 0 bridgehead atoms.